The van der Waals surface area contributed by atoms with Gasteiger partial charge in [0, 0.05) is 18.4 Å². The van der Waals surface area contributed by atoms with Crippen LogP contribution in [0, 0.1) is 5.92 Å². The van der Waals surface area contributed by atoms with Crippen molar-refractivity contribution in [2.75, 3.05) is 26.8 Å². The lowest BCUT2D eigenvalue weighted by atomic mass is 9.96. The van der Waals surface area contributed by atoms with Crippen LogP contribution in [-0.4, -0.2) is 32.8 Å². The monoisotopic (exact) mass is 278 g/mol. The Labute approximate surface area is 120 Å². The van der Waals surface area contributed by atoms with Gasteiger partial charge in [0.2, 0.25) is 0 Å². The summed E-state index contributed by atoms with van der Waals surface area (Å²) in [6, 6.07) is 8.21. The van der Waals surface area contributed by atoms with Crippen LogP contribution in [-0.2, 0) is 16.1 Å². The highest BCUT2D eigenvalue weighted by Gasteiger charge is 2.28. The maximum atomic E-state index is 11.7. The minimum Gasteiger partial charge on any atom is -0.497 e. The lowest BCUT2D eigenvalue weighted by Crippen LogP contribution is -3.11. The van der Waals surface area contributed by atoms with Crippen molar-refractivity contribution in [3.63, 3.8) is 0 Å². The standard InChI is InChI=1S/C16H23NO3/c1-3-20-16(18)14-7-9-17(10-8-14)12-13-5-4-6-15(11-13)19-2/h4-6,11,14H,3,7-10,12H2,1-2H3/p+1. The van der Waals surface area contributed by atoms with E-state index in [1.165, 1.54) is 10.5 Å². The number of nitrogens with one attached hydrogen (secondary N) is 1. The lowest BCUT2D eigenvalue weighted by Gasteiger charge is -2.28. The van der Waals surface area contributed by atoms with E-state index >= 15 is 0 Å². The number of quaternary nitrogens is 1. The molecule has 1 aromatic carbocycles. The summed E-state index contributed by atoms with van der Waals surface area (Å²) in [5.41, 5.74) is 1.29. The van der Waals surface area contributed by atoms with Crippen LogP contribution in [0.4, 0.5) is 0 Å². The van der Waals surface area contributed by atoms with Crippen molar-refractivity contribution < 1.29 is 19.2 Å². The predicted octanol–water partition coefficient (Wildman–Crippen LogP) is 1.05. The molecule has 0 atom stereocenters. The maximum Gasteiger partial charge on any atom is 0.309 e. The normalized spacial score (nSPS) is 22.3. The number of likely N-dealkylation sites (tertiary alicyclic amines) is 1. The van der Waals surface area contributed by atoms with Gasteiger partial charge in [-0.3, -0.25) is 4.79 Å². The Hall–Kier alpha value is -1.55. The molecule has 1 aromatic rings. The number of benzene rings is 1. The topological polar surface area (TPSA) is 40.0 Å². The summed E-state index contributed by atoms with van der Waals surface area (Å²) in [7, 11) is 1.69. The zero-order valence-corrected chi connectivity index (χ0v) is 12.4. The van der Waals surface area contributed by atoms with E-state index in [2.05, 4.69) is 12.1 Å². The van der Waals surface area contributed by atoms with Crippen LogP contribution >= 0.6 is 0 Å². The largest absolute Gasteiger partial charge is 0.497 e. The third-order valence-electron chi connectivity index (χ3n) is 3.90. The smallest absolute Gasteiger partial charge is 0.309 e. The first-order valence-corrected chi connectivity index (χ1v) is 7.36. The van der Waals surface area contributed by atoms with Crippen molar-refractivity contribution in [1.29, 1.82) is 0 Å². The molecule has 4 nitrogen and oxygen atoms in total. The Morgan fingerprint density at radius 1 is 1.35 bits per heavy atom. The van der Waals surface area contributed by atoms with E-state index in [-0.39, 0.29) is 11.9 Å². The molecular weight excluding hydrogens is 254 g/mol. The zero-order valence-electron chi connectivity index (χ0n) is 12.4. The number of ether oxygens (including phenoxy) is 2. The van der Waals surface area contributed by atoms with Crippen LogP contribution in [0.15, 0.2) is 24.3 Å². The van der Waals surface area contributed by atoms with E-state index in [1.54, 1.807) is 7.11 Å². The van der Waals surface area contributed by atoms with Gasteiger partial charge in [-0.1, -0.05) is 12.1 Å². The second kappa shape index (κ2) is 7.29. The summed E-state index contributed by atoms with van der Waals surface area (Å²) in [4.78, 5) is 13.2. The van der Waals surface area contributed by atoms with Crippen molar-refractivity contribution in [2.24, 2.45) is 5.92 Å². The molecule has 1 fully saturated rings. The Morgan fingerprint density at radius 2 is 2.10 bits per heavy atom. The molecule has 2 rings (SSSR count). The van der Waals surface area contributed by atoms with Crippen molar-refractivity contribution in [3.05, 3.63) is 29.8 Å². The average Bonchev–Trinajstić information content (AvgIpc) is 2.48. The third-order valence-corrected chi connectivity index (χ3v) is 3.90. The molecule has 0 radical (unpaired) electrons. The number of piperidine rings is 1. The molecule has 1 saturated heterocycles. The highest BCUT2D eigenvalue weighted by atomic mass is 16.5. The van der Waals surface area contributed by atoms with Crippen molar-refractivity contribution in [1.82, 2.24) is 0 Å². The first-order chi connectivity index (χ1) is 9.72. The Balaban J connectivity index is 1.83. The second-order valence-electron chi connectivity index (χ2n) is 5.30. The second-order valence-corrected chi connectivity index (χ2v) is 5.30. The van der Waals surface area contributed by atoms with E-state index in [9.17, 15) is 4.79 Å². The first kappa shape index (κ1) is 14.9. The molecule has 0 saturated carbocycles. The summed E-state index contributed by atoms with van der Waals surface area (Å²) in [5.74, 6) is 0.986. The van der Waals surface area contributed by atoms with Gasteiger partial charge < -0.3 is 14.4 Å². The number of hydrogen-bond acceptors (Lipinski definition) is 3. The number of methoxy groups -OCH3 is 1. The molecule has 0 bridgehead atoms. The molecular formula is C16H24NO3+. The van der Waals surface area contributed by atoms with Crippen LogP contribution in [0.25, 0.3) is 0 Å². The number of rotatable bonds is 5. The van der Waals surface area contributed by atoms with Gasteiger partial charge in [0.1, 0.15) is 12.3 Å². The first-order valence-electron chi connectivity index (χ1n) is 7.36. The van der Waals surface area contributed by atoms with Crippen molar-refractivity contribution in [3.8, 4) is 5.75 Å². The van der Waals surface area contributed by atoms with E-state index in [0.29, 0.717) is 6.61 Å². The lowest BCUT2D eigenvalue weighted by molar-refractivity contribution is -0.919. The van der Waals surface area contributed by atoms with Crippen LogP contribution < -0.4 is 9.64 Å². The van der Waals surface area contributed by atoms with Gasteiger partial charge in [0.05, 0.1) is 32.7 Å². The van der Waals surface area contributed by atoms with Gasteiger partial charge in [-0.2, -0.15) is 0 Å². The fraction of sp³-hybridized carbons (Fsp3) is 0.562. The average molecular weight is 278 g/mol. The minimum absolute atomic E-state index is 0.0204. The van der Waals surface area contributed by atoms with E-state index in [1.807, 2.05) is 19.1 Å². The molecule has 0 unspecified atom stereocenters. The molecule has 1 heterocycles. The minimum atomic E-state index is -0.0204. The molecule has 4 heteroatoms. The Bertz CT molecular complexity index is 439. The summed E-state index contributed by atoms with van der Waals surface area (Å²) in [5, 5.41) is 0. The SMILES string of the molecule is CCOC(=O)C1CC[NH+](Cc2cccc(OC)c2)CC1. The van der Waals surface area contributed by atoms with E-state index in [0.717, 1.165) is 38.2 Å². The predicted molar refractivity (Wildman–Crippen MR) is 76.8 cm³/mol. The van der Waals surface area contributed by atoms with Gasteiger partial charge in [-0.25, -0.2) is 0 Å². The van der Waals surface area contributed by atoms with E-state index < -0.39 is 0 Å². The molecule has 20 heavy (non-hydrogen) atoms. The van der Waals surface area contributed by atoms with Crippen LogP contribution in [0.5, 0.6) is 5.75 Å². The van der Waals surface area contributed by atoms with Gasteiger partial charge in [0.25, 0.3) is 0 Å². The quantitative estimate of drug-likeness (QED) is 0.819. The van der Waals surface area contributed by atoms with Gasteiger partial charge in [-0.05, 0) is 19.1 Å². The third kappa shape index (κ3) is 3.97. The molecule has 1 N–H and O–H groups in total. The molecule has 110 valence electrons. The van der Waals surface area contributed by atoms with Crippen LogP contribution in [0.3, 0.4) is 0 Å². The molecule has 1 aliphatic rings. The highest BCUT2D eigenvalue weighted by Crippen LogP contribution is 2.14. The summed E-state index contributed by atoms with van der Waals surface area (Å²) in [6.07, 6.45) is 1.86. The molecule has 0 amide bonds. The number of carbonyl (C=O) groups is 1. The molecule has 1 aliphatic heterocycles. The number of esters is 1. The summed E-state index contributed by atoms with van der Waals surface area (Å²) >= 11 is 0. The number of hydrogen-bond donors (Lipinski definition) is 1. The Morgan fingerprint density at radius 3 is 2.75 bits per heavy atom. The van der Waals surface area contributed by atoms with Crippen molar-refractivity contribution in [2.45, 2.75) is 26.3 Å². The summed E-state index contributed by atoms with van der Waals surface area (Å²) in [6.45, 7) is 5.39. The van der Waals surface area contributed by atoms with Crippen LogP contribution in [0.2, 0.25) is 0 Å². The molecule has 0 aromatic heterocycles. The highest BCUT2D eigenvalue weighted by molar-refractivity contribution is 5.72. The van der Waals surface area contributed by atoms with Gasteiger partial charge in [0.15, 0.2) is 0 Å². The fourth-order valence-corrected chi connectivity index (χ4v) is 2.77. The van der Waals surface area contributed by atoms with Gasteiger partial charge in [-0.15, -0.1) is 0 Å². The van der Waals surface area contributed by atoms with Crippen LogP contribution in [0.1, 0.15) is 25.3 Å². The zero-order chi connectivity index (χ0) is 14.4. The van der Waals surface area contributed by atoms with Gasteiger partial charge >= 0.3 is 5.97 Å². The number of carbonyl (C=O) groups excluding carboxylic acids is 1. The fourth-order valence-electron chi connectivity index (χ4n) is 2.77. The maximum absolute atomic E-state index is 11.7. The molecule has 0 spiro atoms. The van der Waals surface area contributed by atoms with E-state index in [4.69, 9.17) is 9.47 Å². The molecule has 0 aliphatic carbocycles. The summed E-state index contributed by atoms with van der Waals surface area (Å²) < 4.78 is 10.3. The Kier molecular flexibility index (Phi) is 5.41. The van der Waals surface area contributed by atoms with Crippen molar-refractivity contribution >= 4 is 5.97 Å².